The topological polar surface area (TPSA) is 87.7 Å². The van der Waals surface area contributed by atoms with Crippen molar-refractivity contribution < 1.29 is 19.1 Å². The van der Waals surface area contributed by atoms with Crippen molar-refractivity contribution in [1.29, 1.82) is 0 Å². The lowest BCUT2D eigenvalue weighted by Crippen LogP contribution is -2.38. The molecule has 166 valence electrons. The molecule has 3 aromatic carbocycles. The zero-order valence-corrected chi connectivity index (χ0v) is 18.3. The summed E-state index contributed by atoms with van der Waals surface area (Å²) in [6.07, 6.45) is 1.59. The molecule has 0 radical (unpaired) electrons. The maximum absolute atomic E-state index is 12.7. The zero-order valence-electron chi connectivity index (χ0n) is 18.3. The molecule has 0 unspecified atom stereocenters. The van der Waals surface area contributed by atoms with E-state index in [9.17, 15) is 14.4 Å². The van der Waals surface area contributed by atoms with E-state index in [1.165, 1.54) is 0 Å². The number of urea groups is 1. The highest BCUT2D eigenvalue weighted by Crippen LogP contribution is 2.23. The van der Waals surface area contributed by atoms with Crippen molar-refractivity contribution in [1.82, 2.24) is 10.2 Å². The number of imide groups is 1. The number of carbonyl (C=O) groups is 3. The Kier molecular flexibility index (Phi) is 6.22. The Morgan fingerprint density at radius 2 is 1.55 bits per heavy atom. The van der Waals surface area contributed by atoms with Crippen molar-refractivity contribution >= 4 is 29.6 Å². The molecular formula is C26H23N3O4. The fraction of sp³-hybridized carbons (Fsp3) is 0.115. The number of nitrogens with one attached hydrogen (secondary N) is 2. The number of benzene rings is 3. The van der Waals surface area contributed by atoms with Crippen LogP contribution in [0.5, 0.6) is 5.75 Å². The van der Waals surface area contributed by atoms with E-state index in [1.54, 1.807) is 25.3 Å². The van der Waals surface area contributed by atoms with E-state index in [4.69, 9.17) is 4.74 Å². The highest BCUT2D eigenvalue weighted by atomic mass is 16.5. The van der Waals surface area contributed by atoms with Gasteiger partial charge in [-0.2, -0.15) is 0 Å². The summed E-state index contributed by atoms with van der Waals surface area (Å²) in [5.41, 5.74) is 4.59. The van der Waals surface area contributed by atoms with Gasteiger partial charge in [-0.3, -0.25) is 9.59 Å². The van der Waals surface area contributed by atoms with Gasteiger partial charge in [-0.25, -0.2) is 9.69 Å². The van der Waals surface area contributed by atoms with Gasteiger partial charge in [0, 0.05) is 5.69 Å². The number of methoxy groups -OCH3 is 1. The molecule has 0 aliphatic carbocycles. The molecule has 1 aliphatic rings. The molecule has 33 heavy (non-hydrogen) atoms. The first kappa shape index (κ1) is 21.8. The number of carbonyl (C=O) groups excluding carboxylic acids is 3. The molecule has 2 N–H and O–H groups in total. The van der Waals surface area contributed by atoms with E-state index in [0.717, 1.165) is 32.9 Å². The molecule has 4 rings (SSSR count). The van der Waals surface area contributed by atoms with Crippen molar-refractivity contribution in [2.45, 2.75) is 6.92 Å². The second kappa shape index (κ2) is 9.40. The summed E-state index contributed by atoms with van der Waals surface area (Å²) in [6.45, 7) is 1.58. The number of rotatable bonds is 6. The predicted molar refractivity (Wildman–Crippen MR) is 126 cm³/mol. The molecule has 0 atom stereocenters. The molecule has 1 heterocycles. The van der Waals surface area contributed by atoms with E-state index >= 15 is 0 Å². The van der Waals surface area contributed by atoms with Crippen LogP contribution >= 0.6 is 0 Å². The van der Waals surface area contributed by atoms with E-state index in [-0.39, 0.29) is 12.2 Å². The van der Waals surface area contributed by atoms with Crippen LogP contribution in [0.25, 0.3) is 17.2 Å². The minimum absolute atomic E-state index is 0.125. The molecule has 3 aromatic rings. The predicted octanol–water partition coefficient (Wildman–Crippen LogP) is 4.20. The van der Waals surface area contributed by atoms with Crippen LogP contribution in [0.15, 0.2) is 78.5 Å². The second-order valence-electron chi connectivity index (χ2n) is 7.64. The van der Waals surface area contributed by atoms with Crippen molar-refractivity contribution in [2.24, 2.45) is 0 Å². The Hall–Kier alpha value is -4.39. The van der Waals surface area contributed by atoms with Gasteiger partial charge in [-0.05, 0) is 54.0 Å². The van der Waals surface area contributed by atoms with Gasteiger partial charge < -0.3 is 15.4 Å². The lowest BCUT2D eigenvalue weighted by atomic mass is 10.0. The van der Waals surface area contributed by atoms with Crippen LogP contribution in [-0.4, -0.2) is 36.4 Å². The van der Waals surface area contributed by atoms with Crippen LogP contribution in [0, 0.1) is 6.92 Å². The zero-order chi connectivity index (χ0) is 23.4. The van der Waals surface area contributed by atoms with Gasteiger partial charge in [0.15, 0.2) is 0 Å². The van der Waals surface area contributed by atoms with E-state index in [0.29, 0.717) is 5.69 Å². The molecule has 0 spiro atoms. The van der Waals surface area contributed by atoms with Gasteiger partial charge >= 0.3 is 6.03 Å². The first-order valence-corrected chi connectivity index (χ1v) is 10.4. The molecular weight excluding hydrogens is 418 g/mol. The maximum Gasteiger partial charge on any atom is 0.329 e. The lowest BCUT2D eigenvalue weighted by Gasteiger charge is -2.12. The smallest absolute Gasteiger partial charge is 0.329 e. The number of amides is 4. The number of aryl methyl sites for hydroxylation is 1. The Morgan fingerprint density at radius 1 is 0.939 bits per heavy atom. The van der Waals surface area contributed by atoms with Crippen LogP contribution in [-0.2, 0) is 9.59 Å². The van der Waals surface area contributed by atoms with Crippen LogP contribution < -0.4 is 15.4 Å². The van der Waals surface area contributed by atoms with Gasteiger partial charge in [-0.15, -0.1) is 0 Å². The molecule has 7 nitrogen and oxygen atoms in total. The second-order valence-corrected chi connectivity index (χ2v) is 7.64. The molecule has 1 aliphatic heterocycles. The molecule has 7 heteroatoms. The van der Waals surface area contributed by atoms with Crippen molar-refractivity contribution in [3.05, 3.63) is 89.6 Å². The molecule has 0 aromatic heterocycles. The van der Waals surface area contributed by atoms with Crippen molar-refractivity contribution in [2.75, 3.05) is 19.0 Å². The SMILES string of the molecule is COc1ccc(-c2ccc(C=C3NC(=O)N(CC(=O)Nc4ccc(C)cc4)C3=O)cc2)cc1. The number of ether oxygens (including phenoxy) is 1. The van der Waals surface area contributed by atoms with E-state index < -0.39 is 17.8 Å². The van der Waals surface area contributed by atoms with Gasteiger partial charge in [0.1, 0.15) is 18.0 Å². The minimum atomic E-state index is -0.625. The van der Waals surface area contributed by atoms with Crippen molar-refractivity contribution in [3.63, 3.8) is 0 Å². The molecule has 0 saturated carbocycles. The standard InChI is InChI=1S/C26H23N3O4/c1-17-3-11-21(12-4-17)27-24(30)16-29-25(31)23(28-26(29)32)15-18-5-7-19(8-6-18)20-9-13-22(33-2)14-10-20/h3-15H,16H2,1-2H3,(H,27,30)(H,28,32). The van der Waals surface area contributed by atoms with Crippen LogP contribution in [0.1, 0.15) is 11.1 Å². The first-order valence-electron chi connectivity index (χ1n) is 10.4. The summed E-state index contributed by atoms with van der Waals surface area (Å²) < 4.78 is 5.18. The van der Waals surface area contributed by atoms with E-state index in [2.05, 4.69) is 10.6 Å². The van der Waals surface area contributed by atoms with Gasteiger partial charge in [-0.1, -0.05) is 54.1 Å². The normalized spacial score (nSPS) is 14.4. The van der Waals surface area contributed by atoms with E-state index in [1.807, 2.05) is 67.6 Å². The number of nitrogens with zero attached hydrogens (tertiary/aromatic N) is 1. The summed E-state index contributed by atoms with van der Waals surface area (Å²) in [4.78, 5) is 38.2. The van der Waals surface area contributed by atoms with Gasteiger partial charge in [0.05, 0.1) is 7.11 Å². The Balaban J connectivity index is 1.42. The first-order chi connectivity index (χ1) is 15.9. The van der Waals surface area contributed by atoms with Crippen LogP contribution in [0.4, 0.5) is 10.5 Å². The number of hydrogen-bond donors (Lipinski definition) is 2. The highest BCUT2D eigenvalue weighted by Gasteiger charge is 2.34. The summed E-state index contributed by atoms with van der Waals surface area (Å²) in [5.74, 6) is -0.210. The Morgan fingerprint density at radius 3 is 2.15 bits per heavy atom. The quantitative estimate of drug-likeness (QED) is 0.443. The molecule has 0 bridgehead atoms. The largest absolute Gasteiger partial charge is 0.497 e. The third-order valence-corrected chi connectivity index (χ3v) is 5.24. The maximum atomic E-state index is 12.7. The monoisotopic (exact) mass is 441 g/mol. The third kappa shape index (κ3) is 5.10. The van der Waals surface area contributed by atoms with Gasteiger partial charge in [0.2, 0.25) is 5.91 Å². The van der Waals surface area contributed by atoms with Crippen LogP contribution in [0.3, 0.4) is 0 Å². The average molecular weight is 441 g/mol. The Labute approximate surface area is 191 Å². The van der Waals surface area contributed by atoms with Crippen molar-refractivity contribution in [3.8, 4) is 16.9 Å². The number of anilines is 1. The molecule has 4 amide bonds. The highest BCUT2D eigenvalue weighted by molar-refractivity contribution is 6.15. The average Bonchev–Trinajstić information content (AvgIpc) is 3.08. The molecule has 1 fully saturated rings. The fourth-order valence-corrected chi connectivity index (χ4v) is 3.42. The number of hydrogen-bond acceptors (Lipinski definition) is 4. The summed E-state index contributed by atoms with van der Waals surface area (Å²) >= 11 is 0. The Bertz CT molecular complexity index is 1210. The lowest BCUT2D eigenvalue weighted by molar-refractivity contribution is -0.127. The minimum Gasteiger partial charge on any atom is -0.497 e. The fourth-order valence-electron chi connectivity index (χ4n) is 3.42. The summed E-state index contributed by atoms with van der Waals surface area (Å²) in [6, 6.07) is 21.9. The molecule has 1 saturated heterocycles. The third-order valence-electron chi connectivity index (χ3n) is 5.24. The van der Waals surface area contributed by atoms with Crippen LogP contribution in [0.2, 0.25) is 0 Å². The summed E-state index contributed by atoms with van der Waals surface area (Å²) in [5, 5.41) is 5.23. The van der Waals surface area contributed by atoms with Gasteiger partial charge in [0.25, 0.3) is 5.91 Å². The summed E-state index contributed by atoms with van der Waals surface area (Å²) in [7, 11) is 1.62.